The lowest BCUT2D eigenvalue weighted by Gasteiger charge is -2.23. The molecule has 0 aromatic heterocycles. The number of thioether (sulfide) groups is 1. The van der Waals surface area contributed by atoms with Gasteiger partial charge in [-0.05, 0) is 45.0 Å². The van der Waals surface area contributed by atoms with E-state index in [1.165, 1.54) is 23.9 Å². The Morgan fingerprint density at radius 2 is 1.87 bits per heavy atom. The number of rotatable bonds is 9. The predicted molar refractivity (Wildman–Crippen MR) is 120 cm³/mol. The largest absolute Gasteiger partial charge is 0.460 e. The first-order valence-electron chi connectivity index (χ1n) is 9.32. The molecule has 0 aliphatic heterocycles. The average molecular weight is 468 g/mol. The fourth-order valence-electron chi connectivity index (χ4n) is 2.63. The smallest absolute Gasteiger partial charge is 0.308 e. The third-order valence-corrected chi connectivity index (χ3v) is 5.97. The molecule has 168 valence electrons. The maximum Gasteiger partial charge on any atom is 0.308 e. The van der Waals surface area contributed by atoms with Crippen LogP contribution in [0.3, 0.4) is 0 Å². The first-order valence-corrected chi connectivity index (χ1v) is 11.9. The monoisotopic (exact) mass is 467 g/mol. The van der Waals surface area contributed by atoms with Crippen molar-refractivity contribution < 1.29 is 22.9 Å². The van der Waals surface area contributed by atoms with Gasteiger partial charge in [-0.1, -0.05) is 18.2 Å². The van der Waals surface area contributed by atoms with Gasteiger partial charge >= 0.3 is 5.97 Å². The van der Waals surface area contributed by atoms with Crippen LogP contribution >= 0.6 is 11.8 Å². The second kappa shape index (κ2) is 10.1. The maximum atomic E-state index is 12.4. The first kappa shape index (κ1) is 24.6. The summed E-state index contributed by atoms with van der Waals surface area (Å²) in [6, 6.07) is 12.3. The number of primary sulfonamides is 1. The molecule has 0 radical (unpaired) electrons. The van der Waals surface area contributed by atoms with Crippen LogP contribution in [0.15, 0.2) is 58.3 Å². The minimum atomic E-state index is -4.10. The van der Waals surface area contributed by atoms with Gasteiger partial charge in [0.15, 0.2) is 0 Å². The molecule has 0 aliphatic rings. The van der Waals surface area contributed by atoms with Gasteiger partial charge in [-0.3, -0.25) is 14.9 Å². The van der Waals surface area contributed by atoms with E-state index in [0.717, 1.165) is 11.0 Å². The van der Waals surface area contributed by atoms with Crippen molar-refractivity contribution in [2.75, 3.05) is 11.1 Å². The number of hydrogen-bond acceptors (Lipinski definition) is 8. The van der Waals surface area contributed by atoms with Crippen molar-refractivity contribution in [3.8, 4) is 0 Å². The summed E-state index contributed by atoms with van der Waals surface area (Å²) in [5, 5.41) is 19.6. The Labute approximate surface area is 185 Å². The molecule has 31 heavy (non-hydrogen) atoms. The topological polar surface area (TPSA) is 142 Å². The molecule has 11 heteroatoms. The molecule has 2 aromatic carbocycles. The maximum absolute atomic E-state index is 12.4. The Balaban J connectivity index is 2.28. The van der Waals surface area contributed by atoms with Crippen molar-refractivity contribution in [3.05, 3.63) is 58.6 Å². The van der Waals surface area contributed by atoms with Gasteiger partial charge < -0.3 is 10.1 Å². The van der Waals surface area contributed by atoms with Gasteiger partial charge in [0.1, 0.15) is 11.3 Å². The molecular weight excluding hydrogens is 442 g/mol. The zero-order valence-electron chi connectivity index (χ0n) is 17.4. The van der Waals surface area contributed by atoms with E-state index >= 15 is 0 Å². The van der Waals surface area contributed by atoms with E-state index in [1.54, 1.807) is 20.8 Å². The Morgan fingerprint density at radius 3 is 2.42 bits per heavy atom. The van der Waals surface area contributed by atoms with Gasteiger partial charge in [0.2, 0.25) is 10.0 Å². The summed E-state index contributed by atoms with van der Waals surface area (Å²) in [6.45, 7) is 5.26. The summed E-state index contributed by atoms with van der Waals surface area (Å²) in [7, 11) is -4.10. The summed E-state index contributed by atoms with van der Waals surface area (Å²) in [5.41, 5.74) is -1.04. The third-order valence-electron chi connectivity index (χ3n) is 3.88. The molecule has 3 N–H and O–H groups in total. The molecule has 0 fully saturated rings. The predicted octanol–water partition coefficient (Wildman–Crippen LogP) is 3.55. The minimum Gasteiger partial charge on any atom is -0.460 e. The van der Waals surface area contributed by atoms with E-state index in [1.807, 2.05) is 30.3 Å². The standard InChI is InChI=1S/C20H25N3O6S2/c1-20(2,3)29-19(24)11-14(13-30-15-7-5-4-6-8-15)22-17-10-9-16(31(21,27)28)12-18(17)23(25)26/h4-10,12,14,22H,11,13H2,1-3H3,(H2,21,27,28)/t14-/m1/s1. The first-order chi connectivity index (χ1) is 14.3. The van der Waals surface area contributed by atoms with E-state index in [2.05, 4.69) is 5.32 Å². The average Bonchev–Trinajstić information content (AvgIpc) is 2.64. The number of nitrogens with one attached hydrogen (secondary N) is 1. The van der Waals surface area contributed by atoms with Crippen molar-refractivity contribution in [2.24, 2.45) is 5.14 Å². The lowest BCUT2D eigenvalue weighted by molar-refractivity contribution is -0.384. The number of esters is 1. The SMILES string of the molecule is CC(C)(C)OC(=O)C[C@H](CSc1ccccc1)Nc1ccc(S(N)(=O)=O)cc1[N+](=O)[O-]. The summed E-state index contributed by atoms with van der Waals surface area (Å²) >= 11 is 1.47. The molecule has 9 nitrogen and oxygen atoms in total. The Hall–Kier alpha value is -2.63. The normalized spacial score (nSPS) is 12.8. The summed E-state index contributed by atoms with van der Waals surface area (Å²) in [6.07, 6.45) is -0.0365. The highest BCUT2D eigenvalue weighted by atomic mass is 32.2. The molecule has 0 saturated carbocycles. The molecule has 0 amide bonds. The van der Waals surface area contributed by atoms with Gasteiger partial charge in [0.05, 0.1) is 16.2 Å². The van der Waals surface area contributed by atoms with E-state index in [4.69, 9.17) is 9.88 Å². The molecule has 0 aliphatic carbocycles. The number of ether oxygens (including phenoxy) is 1. The summed E-state index contributed by atoms with van der Waals surface area (Å²) in [5.74, 6) is -0.0420. The van der Waals surface area contributed by atoms with Gasteiger partial charge in [-0.25, -0.2) is 13.6 Å². The van der Waals surface area contributed by atoms with Gasteiger partial charge in [0, 0.05) is 22.8 Å². The quantitative estimate of drug-likeness (QED) is 0.247. The lowest BCUT2D eigenvalue weighted by Crippen LogP contribution is -2.31. The van der Waals surface area contributed by atoms with E-state index < -0.39 is 38.2 Å². The number of carbonyl (C=O) groups excluding carboxylic acids is 1. The number of sulfonamides is 1. The van der Waals surface area contributed by atoms with Crippen molar-refractivity contribution in [1.82, 2.24) is 0 Å². The molecule has 0 unspecified atom stereocenters. The van der Waals surface area contributed by atoms with E-state index in [0.29, 0.717) is 5.75 Å². The van der Waals surface area contributed by atoms with Crippen LogP contribution in [0.25, 0.3) is 0 Å². The fraction of sp³-hybridized carbons (Fsp3) is 0.350. The van der Waals surface area contributed by atoms with Gasteiger partial charge in [-0.2, -0.15) is 0 Å². The van der Waals surface area contributed by atoms with Crippen LogP contribution in [0.4, 0.5) is 11.4 Å². The molecule has 1 atom stereocenters. The highest BCUT2D eigenvalue weighted by Gasteiger charge is 2.24. The van der Waals surface area contributed by atoms with E-state index in [9.17, 15) is 23.3 Å². The number of nitro groups is 1. The fourth-order valence-corrected chi connectivity index (χ4v) is 4.11. The zero-order valence-corrected chi connectivity index (χ0v) is 19.0. The summed E-state index contributed by atoms with van der Waals surface area (Å²) in [4.78, 5) is 23.8. The van der Waals surface area contributed by atoms with Gasteiger partial charge in [0.25, 0.3) is 5.69 Å². The van der Waals surface area contributed by atoms with E-state index in [-0.39, 0.29) is 17.0 Å². The minimum absolute atomic E-state index is 0.0365. The number of nitrogens with two attached hydrogens (primary N) is 1. The number of nitrogens with zero attached hydrogens (tertiary/aromatic N) is 1. The number of nitro benzene ring substituents is 1. The Kier molecular flexibility index (Phi) is 8.04. The molecular formula is C20H25N3O6S2. The molecule has 2 rings (SSSR count). The molecule has 0 heterocycles. The Morgan fingerprint density at radius 1 is 1.23 bits per heavy atom. The van der Waals surface area contributed by atoms with Crippen molar-refractivity contribution in [1.29, 1.82) is 0 Å². The molecule has 0 spiro atoms. The van der Waals surface area contributed by atoms with Crippen molar-refractivity contribution in [2.45, 2.75) is 48.6 Å². The van der Waals surface area contributed by atoms with Crippen LogP contribution in [-0.2, 0) is 19.6 Å². The van der Waals surface area contributed by atoms with Crippen LogP contribution in [-0.4, -0.2) is 36.7 Å². The van der Waals surface area contributed by atoms with Gasteiger partial charge in [-0.15, -0.1) is 11.8 Å². The zero-order chi connectivity index (χ0) is 23.2. The third kappa shape index (κ3) is 8.19. The second-order valence-corrected chi connectivity index (χ2v) is 10.4. The lowest BCUT2D eigenvalue weighted by atomic mass is 10.1. The highest BCUT2D eigenvalue weighted by molar-refractivity contribution is 7.99. The molecule has 0 bridgehead atoms. The van der Waals surface area contributed by atoms with Crippen LogP contribution in [0.2, 0.25) is 0 Å². The molecule has 0 saturated heterocycles. The van der Waals surface area contributed by atoms with Crippen molar-refractivity contribution >= 4 is 39.1 Å². The Bertz CT molecular complexity index is 1040. The number of hydrogen-bond donors (Lipinski definition) is 2. The second-order valence-electron chi connectivity index (χ2n) is 7.74. The van der Waals surface area contributed by atoms with Crippen LogP contribution in [0.5, 0.6) is 0 Å². The van der Waals surface area contributed by atoms with Crippen LogP contribution in [0, 0.1) is 10.1 Å². The van der Waals surface area contributed by atoms with Crippen molar-refractivity contribution in [3.63, 3.8) is 0 Å². The number of carbonyl (C=O) groups is 1. The highest BCUT2D eigenvalue weighted by Crippen LogP contribution is 2.29. The number of anilines is 1. The van der Waals surface area contributed by atoms with Crippen LogP contribution in [0.1, 0.15) is 27.2 Å². The summed E-state index contributed by atoms with van der Waals surface area (Å²) < 4.78 is 28.5. The van der Waals surface area contributed by atoms with Crippen LogP contribution < -0.4 is 10.5 Å². The molecule has 2 aromatic rings. The number of benzene rings is 2.